The van der Waals surface area contributed by atoms with Crippen molar-refractivity contribution in [1.82, 2.24) is 0 Å². The van der Waals surface area contributed by atoms with E-state index >= 15 is 0 Å². The lowest BCUT2D eigenvalue weighted by Gasteiger charge is -2.18. The van der Waals surface area contributed by atoms with Crippen molar-refractivity contribution in [3.8, 4) is 0 Å². The molecule has 6 nitrogen and oxygen atoms in total. The molecule has 1 atom stereocenters. The number of esters is 3. The molecule has 0 amide bonds. The number of unbranched alkanes of at least 4 members (excludes halogenated alkanes) is 30. The van der Waals surface area contributed by atoms with Gasteiger partial charge in [0.15, 0.2) is 6.10 Å². The zero-order valence-corrected chi connectivity index (χ0v) is 47.4. The first-order valence-electron chi connectivity index (χ1n) is 30.6. The molecule has 414 valence electrons. The molecule has 0 saturated heterocycles. The molecule has 0 fully saturated rings. The number of rotatable bonds is 55. The lowest BCUT2D eigenvalue weighted by atomic mass is 10.0. The smallest absolute Gasteiger partial charge is 0.306 e. The van der Waals surface area contributed by atoms with Crippen LogP contribution in [0.4, 0.5) is 0 Å². The van der Waals surface area contributed by atoms with Crippen molar-refractivity contribution in [3.05, 3.63) is 85.1 Å². The molecule has 6 heteroatoms. The van der Waals surface area contributed by atoms with E-state index in [9.17, 15) is 14.4 Å². The molecular weight excluding hydrogens is 889 g/mol. The van der Waals surface area contributed by atoms with Gasteiger partial charge in [-0.15, -0.1) is 0 Å². The molecule has 0 radical (unpaired) electrons. The number of hydrogen-bond donors (Lipinski definition) is 0. The summed E-state index contributed by atoms with van der Waals surface area (Å²) >= 11 is 0. The molecule has 0 saturated carbocycles. The molecule has 72 heavy (non-hydrogen) atoms. The average molecular weight is 1000 g/mol. The van der Waals surface area contributed by atoms with E-state index in [0.717, 1.165) is 109 Å². The predicted molar refractivity (Wildman–Crippen MR) is 311 cm³/mol. The van der Waals surface area contributed by atoms with Gasteiger partial charge in [-0.25, -0.2) is 0 Å². The van der Waals surface area contributed by atoms with Gasteiger partial charge in [-0.3, -0.25) is 14.4 Å². The first-order chi connectivity index (χ1) is 35.5. The van der Waals surface area contributed by atoms with Gasteiger partial charge in [0.25, 0.3) is 0 Å². The average Bonchev–Trinajstić information content (AvgIpc) is 3.38. The summed E-state index contributed by atoms with van der Waals surface area (Å²) < 4.78 is 16.8. The van der Waals surface area contributed by atoms with Crippen LogP contribution in [0.3, 0.4) is 0 Å². The maximum absolute atomic E-state index is 12.8. The summed E-state index contributed by atoms with van der Waals surface area (Å²) in [7, 11) is 0. The molecular formula is C66H114O6. The van der Waals surface area contributed by atoms with Gasteiger partial charge in [0.05, 0.1) is 0 Å². The fraction of sp³-hybridized carbons (Fsp3) is 0.742. The van der Waals surface area contributed by atoms with Gasteiger partial charge in [-0.2, -0.15) is 0 Å². The van der Waals surface area contributed by atoms with Crippen LogP contribution in [0.25, 0.3) is 0 Å². The maximum Gasteiger partial charge on any atom is 0.306 e. The molecule has 0 N–H and O–H groups in total. The zero-order chi connectivity index (χ0) is 52.2. The standard InChI is InChI=1S/C66H114O6/c1-4-7-10-13-16-19-21-23-25-27-29-30-31-32-33-34-35-36-38-39-41-43-45-47-50-53-56-59-65(68)71-62-63(61-70-64(67)58-55-52-49-18-15-12-9-6-3)72-66(69)60-57-54-51-48-46-44-42-40-37-28-26-24-22-20-17-14-11-8-5-2/h7,10,16-17,19-20,23-26,29-30,37,40,63H,4-6,8-9,11-15,18,21-22,27-28,31-36,38-39,41-62H2,1-3H3/b10-7-,19-16-,20-17-,25-23-,26-24-,30-29-,40-37-. The van der Waals surface area contributed by atoms with Crippen LogP contribution in [0.1, 0.15) is 297 Å². The van der Waals surface area contributed by atoms with E-state index in [1.807, 2.05) is 0 Å². The minimum Gasteiger partial charge on any atom is -0.462 e. The van der Waals surface area contributed by atoms with Crippen molar-refractivity contribution in [2.75, 3.05) is 13.2 Å². The second-order valence-electron chi connectivity index (χ2n) is 20.2. The highest BCUT2D eigenvalue weighted by molar-refractivity contribution is 5.71. The summed E-state index contributed by atoms with van der Waals surface area (Å²) in [5, 5.41) is 0. The Morgan fingerprint density at radius 3 is 0.875 bits per heavy atom. The van der Waals surface area contributed by atoms with Crippen LogP contribution in [0.5, 0.6) is 0 Å². The number of ether oxygens (including phenoxy) is 3. The molecule has 0 aromatic rings. The molecule has 0 aliphatic carbocycles. The van der Waals surface area contributed by atoms with E-state index in [0.29, 0.717) is 19.3 Å². The molecule has 0 aromatic carbocycles. The minimum atomic E-state index is -0.781. The van der Waals surface area contributed by atoms with E-state index in [-0.39, 0.29) is 31.1 Å². The van der Waals surface area contributed by atoms with Gasteiger partial charge in [0.2, 0.25) is 0 Å². The highest BCUT2D eigenvalue weighted by Gasteiger charge is 2.19. The summed E-state index contributed by atoms with van der Waals surface area (Å²) in [6, 6.07) is 0. The van der Waals surface area contributed by atoms with Crippen molar-refractivity contribution in [3.63, 3.8) is 0 Å². The predicted octanol–water partition coefficient (Wildman–Crippen LogP) is 20.7. The normalized spacial score (nSPS) is 12.7. The molecule has 0 aliphatic rings. The summed E-state index contributed by atoms with van der Waals surface area (Å²) in [6.45, 7) is 6.48. The fourth-order valence-corrected chi connectivity index (χ4v) is 8.56. The fourth-order valence-electron chi connectivity index (χ4n) is 8.56. The Hall–Kier alpha value is -3.41. The summed E-state index contributed by atoms with van der Waals surface area (Å²) in [5.41, 5.74) is 0. The Bertz CT molecular complexity index is 1380. The lowest BCUT2D eigenvalue weighted by Crippen LogP contribution is -2.30. The van der Waals surface area contributed by atoms with Crippen LogP contribution in [0, 0.1) is 0 Å². The Labute approximate surface area is 445 Å². The Morgan fingerprint density at radius 2 is 0.542 bits per heavy atom. The van der Waals surface area contributed by atoms with E-state index in [1.165, 1.54) is 148 Å². The van der Waals surface area contributed by atoms with Crippen molar-refractivity contribution in [2.24, 2.45) is 0 Å². The van der Waals surface area contributed by atoms with Gasteiger partial charge < -0.3 is 14.2 Å². The molecule has 1 unspecified atom stereocenters. The number of carbonyl (C=O) groups excluding carboxylic acids is 3. The van der Waals surface area contributed by atoms with Crippen LogP contribution in [0.15, 0.2) is 85.1 Å². The van der Waals surface area contributed by atoms with Crippen molar-refractivity contribution in [2.45, 2.75) is 303 Å². The number of carbonyl (C=O) groups is 3. The molecule has 0 heterocycles. The van der Waals surface area contributed by atoms with Gasteiger partial charge in [-0.1, -0.05) is 266 Å². The Kier molecular flexibility index (Phi) is 57.3. The first kappa shape index (κ1) is 68.6. The highest BCUT2D eigenvalue weighted by Crippen LogP contribution is 2.16. The Balaban J connectivity index is 4.18. The van der Waals surface area contributed by atoms with Crippen molar-refractivity contribution >= 4 is 17.9 Å². The van der Waals surface area contributed by atoms with Gasteiger partial charge in [-0.05, 0) is 96.3 Å². The first-order valence-corrected chi connectivity index (χ1v) is 30.6. The highest BCUT2D eigenvalue weighted by atomic mass is 16.6. The van der Waals surface area contributed by atoms with Gasteiger partial charge in [0, 0.05) is 19.3 Å². The lowest BCUT2D eigenvalue weighted by molar-refractivity contribution is -0.167. The van der Waals surface area contributed by atoms with Crippen LogP contribution in [-0.2, 0) is 28.6 Å². The quantitative estimate of drug-likeness (QED) is 0.0261. The monoisotopic (exact) mass is 1000 g/mol. The molecule has 0 rings (SSSR count). The SMILES string of the molecule is CC/C=C\C/C=C\C/C=C\C/C=C\CCCCCCCCCCCCCCCCC(=O)OCC(COC(=O)CCCCCCCCCC)OC(=O)CCCCCCCC/C=C\C/C=C\C/C=C\CCCCC. The summed E-state index contributed by atoms with van der Waals surface area (Å²) in [5.74, 6) is -0.888. The molecule has 0 bridgehead atoms. The maximum atomic E-state index is 12.8. The number of allylic oxidation sites excluding steroid dienone is 14. The van der Waals surface area contributed by atoms with Crippen LogP contribution >= 0.6 is 0 Å². The van der Waals surface area contributed by atoms with E-state index in [4.69, 9.17) is 14.2 Å². The Morgan fingerprint density at radius 1 is 0.292 bits per heavy atom. The third-order valence-electron chi connectivity index (χ3n) is 13.1. The van der Waals surface area contributed by atoms with Crippen molar-refractivity contribution in [1.29, 1.82) is 0 Å². The number of hydrogen-bond acceptors (Lipinski definition) is 6. The van der Waals surface area contributed by atoms with Crippen LogP contribution < -0.4 is 0 Å². The third-order valence-corrected chi connectivity index (χ3v) is 13.1. The molecule has 0 aromatic heterocycles. The van der Waals surface area contributed by atoms with E-state index in [1.54, 1.807) is 0 Å². The van der Waals surface area contributed by atoms with E-state index < -0.39 is 6.10 Å². The summed E-state index contributed by atoms with van der Waals surface area (Å²) in [4.78, 5) is 38.1. The topological polar surface area (TPSA) is 78.9 Å². The van der Waals surface area contributed by atoms with Crippen LogP contribution in [0.2, 0.25) is 0 Å². The second-order valence-corrected chi connectivity index (χ2v) is 20.2. The largest absolute Gasteiger partial charge is 0.462 e. The molecule has 0 aliphatic heterocycles. The molecule has 0 spiro atoms. The minimum absolute atomic E-state index is 0.0795. The van der Waals surface area contributed by atoms with Crippen molar-refractivity contribution < 1.29 is 28.6 Å². The van der Waals surface area contributed by atoms with Crippen LogP contribution in [-0.4, -0.2) is 37.2 Å². The van der Waals surface area contributed by atoms with Gasteiger partial charge >= 0.3 is 17.9 Å². The summed E-state index contributed by atoms with van der Waals surface area (Å²) in [6.07, 6.45) is 78.8. The van der Waals surface area contributed by atoms with E-state index in [2.05, 4.69) is 106 Å². The second kappa shape index (κ2) is 60.1. The third kappa shape index (κ3) is 57.5. The van der Waals surface area contributed by atoms with Gasteiger partial charge in [0.1, 0.15) is 13.2 Å². The zero-order valence-electron chi connectivity index (χ0n) is 47.4.